The Morgan fingerprint density at radius 1 is 1.36 bits per heavy atom. The summed E-state index contributed by atoms with van der Waals surface area (Å²) in [5, 5.41) is 2.82. The zero-order chi connectivity index (χ0) is 16.0. The molecule has 1 aromatic carbocycles. The number of halogens is 3. The number of benzene rings is 1. The van der Waals surface area contributed by atoms with Crippen LogP contribution >= 0.6 is 0 Å². The molecule has 0 spiro atoms. The predicted molar refractivity (Wildman–Crippen MR) is 76.8 cm³/mol. The molecule has 0 aromatic heterocycles. The van der Waals surface area contributed by atoms with Gasteiger partial charge in [0.1, 0.15) is 5.75 Å². The Labute approximate surface area is 126 Å². The Hall–Kier alpha value is -1.96. The van der Waals surface area contributed by atoms with Gasteiger partial charge < -0.3 is 20.5 Å². The highest BCUT2D eigenvalue weighted by Gasteiger charge is 2.30. The molecule has 0 amide bonds. The van der Waals surface area contributed by atoms with Gasteiger partial charge in [0, 0.05) is 24.8 Å². The zero-order valence-corrected chi connectivity index (χ0v) is 11.9. The van der Waals surface area contributed by atoms with Gasteiger partial charge in [-0.15, -0.1) is 13.2 Å². The van der Waals surface area contributed by atoms with E-state index in [9.17, 15) is 13.2 Å². The molecule has 8 heteroatoms. The first-order chi connectivity index (χ1) is 10.4. The number of anilines is 1. The lowest BCUT2D eigenvalue weighted by atomic mass is 10.0. The van der Waals surface area contributed by atoms with Crippen molar-refractivity contribution in [1.29, 1.82) is 0 Å². The van der Waals surface area contributed by atoms with Crippen molar-refractivity contribution >= 4 is 11.6 Å². The van der Waals surface area contributed by atoms with Crippen LogP contribution in [0.3, 0.4) is 0 Å². The van der Waals surface area contributed by atoms with E-state index in [1.807, 2.05) is 0 Å². The molecule has 1 fully saturated rings. The van der Waals surface area contributed by atoms with E-state index in [0.29, 0.717) is 24.8 Å². The normalized spacial score (nSPS) is 19.8. The smallest absolute Gasteiger partial charge is 0.406 e. The summed E-state index contributed by atoms with van der Waals surface area (Å²) in [7, 11) is 0. The number of nitrogens with zero attached hydrogens (tertiary/aromatic N) is 1. The molecule has 122 valence electrons. The highest BCUT2D eigenvalue weighted by Crippen LogP contribution is 2.23. The molecule has 0 radical (unpaired) electrons. The van der Waals surface area contributed by atoms with Crippen molar-refractivity contribution < 1.29 is 22.6 Å². The Balaban J connectivity index is 1.84. The number of hydrogen-bond donors (Lipinski definition) is 2. The van der Waals surface area contributed by atoms with Crippen LogP contribution in [0, 0.1) is 5.92 Å². The van der Waals surface area contributed by atoms with Gasteiger partial charge in [0.25, 0.3) is 0 Å². The van der Waals surface area contributed by atoms with Crippen LogP contribution < -0.4 is 15.8 Å². The third kappa shape index (κ3) is 5.80. The second-order valence-corrected chi connectivity index (χ2v) is 5.01. The van der Waals surface area contributed by atoms with Gasteiger partial charge in [-0.2, -0.15) is 0 Å². The average molecular weight is 317 g/mol. The molecule has 1 aliphatic rings. The van der Waals surface area contributed by atoms with Crippen LogP contribution in [-0.4, -0.2) is 32.1 Å². The second-order valence-electron chi connectivity index (χ2n) is 5.01. The van der Waals surface area contributed by atoms with Crippen LogP contribution in [0.1, 0.15) is 12.8 Å². The van der Waals surface area contributed by atoms with E-state index in [1.165, 1.54) is 24.3 Å². The Kier molecular flexibility index (Phi) is 5.48. The molecule has 1 atom stereocenters. The molecule has 2 rings (SSSR count). The van der Waals surface area contributed by atoms with E-state index < -0.39 is 6.36 Å². The molecule has 1 saturated heterocycles. The molecule has 1 heterocycles. The van der Waals surface area contributed by atoms with Gasteiger partial charge in [0.15, 0.2) is 5.96 Å². The van der Waals surface area contributed by atoms with Crippen molar-refractivity contribution in [3.63, 3.8) is 0 Å². The maximum atomic E-state index is 12.0. The zero-order valence-electron chi connectivity index (χ0n) is 11.9. The van der Waals surface area contributed by atoms with Gasteiger partial charge in [-0.1, -0.05) is 0 Å². The molecular formula is C14H18F3N3O2. The molecule has 0 bridgehead atoms. The standard InChI is InChI=1S/C14H18F3N3O2/c15-14(16,17)22-12-5-3-11(4-6-12)20-13(18)19-8-10-2-1-7-21-9-10/h3-6,10H,1-2,7-9H2,(H3,18,19,20). The van der Waals surface area contributed by atoms with Gasteiger partial charge in [0.05, 0.1) is 6.61 Å². The Morgan fingerprint density at radius 2 is 2.09 bits per heavy atom. The second kappa shape index (κ2) is 7.35. The van der Waals surface area contributed by atoms with Crippen molar-refractivity contribution in [2.24, 2.45) is 16.6 Å². The average Bonchev–Trinajstić information content (AvgIpc) is 2.47. The molecule has 3 N–H and O–H groups in total. The Morgan fingerprint density at radius 3 is 2.68 bits per heavy atom. The molecule has 1 aliphatic heterocycles. The first-order valence-corrected chi connectivity index (χ1v) is 6.93. The fourth-order valence-corrected chi connectivity index (χ4v) is 2.11. The molecule has 1 unspecified atom stereocenters. The summed E-state index contributed by atoms with van der Waals surface area (Å²) in [6.45, 7) is 2.04. The highest BCUT2D eigenvalue weighted by atomic mass is 19.4. The van der Waals surface area contributed by atoms with E-state index in [0.717, 1.165) is 19.4 Å². The molecule has 5 nitrogen and oxygen atoms in total. The number of alkyl halides is 3. The maximum absolute atomic E-state index is 12.0. The number of aliphatic imine (C=N–C) groups is 1. The molecular weight excluding hydrogens is 299 g/mol. The van der Waals surface area contributed by atoms with Gasteiger partial charge in [-0.25, -0.2) is 0 Å². The minimum atomic E-state index is -4.70. The summed E-state index contributed by atoms with van der Waals surface area (Å²) < 4.78 is 45.3. The van der Waals surface area contributed by atoms with Crippen LogP contribution in [-0.2, 0) is 4.74 Å². The van der Waals surface area contributed by atoms with Crippen LogP contribution in [0.4, 0.5) is 18.9 Å². The number of guanidine groups is 1. The third-order valence-electron chi connectivity index (χ3n) is 3.13. The number of hydrogen-bond acceptors (Lipinski definition) is 3. The van der Waals surface area contributed by atoms with Crippen molar-refractivity contribution in [3.05, 3.63) is 24.3 Å². The van der Waals surface area contributed by atoms with Crippen molar-refractivity contribution in [2.45, 2.75) is 19.2 Å². The van der Waals surface area contributed by atoms with Crippen LogP contribution in [0.15, 0.2) is 29.3 Å². The minimum absolute atomic E-state index is 0.218. The molecule has 0 aliphatic carbocycles. The summed E-state index contributed by atoms with van der Waals surface area (Å²) in [5.74, 6) is 0.291. The highest BCUT2D eigenvalue weighted by molar-refractivity contribution is 5.92. The number of ether oxygens (including phenoxy) is 2. The van der Waals surface area contributed by atoms with Gasteiger partial charge >= 0.3 is 6.36 Å². The topological polar surface area (TPSA) is 68.9 Å². The van der Waals surface area contributed by atoms with Crippen molar-refractivity contribution in [2.75, 3.05) is 25.1 Å². The predicted octanol–water partition coefficient (Wildman–Crippen LogP) is 2.74. The fraction of sp³-hybridized carbons (Fsp3) is 0.500. The van der Waals surface area contributed by atoms with Crippen LogP contribution in [0.25, 0.3) is 0 Å². The van der Waals surface area contributed by atoms with Gasteiger partial charge in [0.2, 0.25) is 0 Å². The van der Waals surface area contributed by atoms with Gasteiger partial charge in [-0.3, -0.25) is 4.99 Å². The lowest BCUT2D eigenvalue weighted by Crippen LogP contribution is -2.26. The maximum Gasteiger partial charge on any atom is 0.573 e. The van der Waals surface area contributed by atoms with Crippen LogP contribution in [0.5, 0.6) is 5.75 Å². The lowest BCUT2D eigenvalue weighted by Gasteiger charge is -2.20. The monoisotopic (exact) mass is 317 g/mol. The summed E-state index contributed by atoms with van der Waals surface area (Å²) in [6, 6.07) is 5.29. The fourth-order valence-electron chi connectivity index (χ4n) is 2.11. The number of nitrogens with one attached hydrogen (secondary N) is 1. The van der Waals surface area contributed by atoms with Crippen LogP contribution in [0.2, 0.25) is 0 Å². The lowest BCUT2D eigenvalue weighted by molar-refractivity contribution is -0.274. The van der Waals surface area contributed by atoms with Crippen molar-refractivity contribution in [3.8, 4) is 5.75 Å². The largest absolute Gasteiger partial charge is 0.573 e. The van der Waals surface area contributed by atoms with E-state index in [-0.39, 0.29) is 11.7 Å². The summed E-state index contributed by atoms with van der Waals surface area (Å²) in [4.78, 5) is 4.22. The quantitative estimate of drug-likeness (QED) is 0.662. The first kappa shape index (κ1) is 16.4. The third-order valence-corrected chi connectivity index (χ3v) is 3.13. The molecule has 0 saturated carbocycles. The summed E-state index contributed by atoms with van der Waals surface area (Å²) >= 11 is 0. The SMILES string of the molecule is NC(=NCC1CCCOC1)Nc1ccc(OC(F)(F)F)cc1. The number of nitrogens with two attached hydrogens (primary N) is 1. The molecule has 1 aromatic rings. The van der Waals surface area contributed by atoms with E-state index in [1.54, 1.807) is 0 Å². The van der Waals surface area contributed by atoms with Crippen molar-refractivity contribution in [1.82, 2.24) is 0 Å². The summed E-state index contributed by atoms with van der Waals surface area (Å²) in [5.41, 5.74) is 6.29. The first-order valence-electron chi connectivity index (χ1n) is 6.93. The van der Waals surface area contributed by atoms with E-state index >= 15 is 0 Å². The van der Waals surface area contributed by atoms with Gasteiger partial charge in [-0.05, 0) is 37.1 Å². The van der Waals surface area contributed by atoms with E-state index in [4.69, 9.17) is 10.5 Å². The Bertz CT molecular complexity index is 497. The minimum Gasteiger partial charge on any atom is -0.406 e. The molecule has 22 heavy (non-hydrogen) atoms. The number of rotatable bonds is 4. The van der Waals surface area contributed by atoms with E-state index in [2.05, 4.69) is 15.0 Å². The summed E-state index contributed by atoms with van der Waals surface area (Å²) in [6.07, 6.45) is -2.62.